The van der Waals surface area contributed by atoms with Gasteiger partial charge in [0.25, 0.3) is 5.91 Å². The summed E-state index contributed by atoms with van der Waals surface area (Å²) in [6, 6.07) is 12.6. The number of anilines is 2. The Balaban J connectivity index is 1.60. The van der Waals surface area contributed by atoms with Crippen LogP contribution >= 0.6 is 0 Å². The first-order chi connectivity index (χ1) is 13.6. The lowest BCUT2D eigenvalue weighted by Gasteiger charge is -2.17. The maximum Gasteiger partial charge on any atom is 0.407 e. The first kappa shape index (κ1) is 17.7. The van der Waals surface area contributed by atoms with Crippen molar-refractivity contribution in [3.05, 3.63) is 60.4 Å². The molecule has 3 heterocycles. The van der Waals surface area contributed by atoms with Crippen LogP contribution in [0.2, 0.25) is 0 Å². The van der Waals surface area contributed by atoms with E-state index in [2.05, 4.69) is 20.6 Å². The molecular formula is C20H19N5O3. The Bertz CT molecular complexity index is 1020. The second-order valence-electron chi connectivity index (χ2n) is 6.59. The van der Waals surface area contributed by atoms with E-state index in [-0.39, 0.29) is 11.9 Å². The Morgan fingerprint density at radius 2 is 1.93 bits per heavy atom. The summed E-state index contributed by atoms with van der Waals surface area (Å²) in [5, 5.41) is 16.1. The van der Waals surface area contributed by atoms with Crippen molar-refractivity contribution in [3.8, 4) is 0 Å². The minimum atomic E-state index is -0.905. The molecule has 1 aliphatic rings. The molecule has 1 aromatic carbocycles. The second kappa shape index (κ2) is 7.51. The summed E-state index contributed by atoms with van der Waals surface area (Å²) >= 11 is 0. The number of aromatic nitrogens is 2. The minimum absolute atomic E-state index is 0.0210. The first-order valence-corrected chi connectivity index (χ1v) is 8.96. The fourth-order valence-electron chi connectivity index (χ4n) is 3.37. The molecule has 4 rings (SSSR count). The predicted molar refractivity (Wildman–Crippen MR) is 106 cm³/mol. The molecule has 0 saturated carbocycles. The van der Waals surface area contributed by atoms with E-state index < -0.39 is 6.09 Å². The van der Waals surface area contributed by atoms with Crippen LogP contribution in [0.25, 0.3) is 10.9 Å². The molecule has 2 amide bonds. The van der Waals surface area contributed by atoms with Crippen LogP contribution < -0.4 is 10.6 Å². The summed E-state index contributed by atoms with van der Waals surface area (Å²) in [4.78, 5) is 33.7. The Labute approximate surface area is 161 Å². The summed E-state index contributed by atoms with van der Waals surface area (Å²) < 4.78 is 0. The molecule has 0 radical (unpaired) electrons. The van der Waals surface area contributed by atoms with Crippen molar-refractivity contribution in [1.29, 1.82) is 0 Å². The summed E-state index contributed by atoms with van der Waals surface area (Å²) in [6.45, 7) is 0.937. The van der Waals surface area contributed by atoms with Crippen LogP contribution in [0.3, 0.4) is 0 Å². The quantitative estimate of drug-likeness (QED) is 0.645. The minimum Gasteiger partial charge on any atom is -0.465 e. The third-order valence-electron chi connectivity index (χ3n) is 4.74. The van der Waals surface area contributed by atoms with E-state index in [4.69, 9.17) is 5.11 Å². The molecule has 142 valence electrons. The smallest absolute Gasteiger partial charge is 0.407 e. The van der Waals surface area contributed by atoms with Gasteiger partial charge in [-0.3, -0.25) is 9.78 Å². The van der Waals surface area contributed by atoms with Crippen molar-refractivity contribution in [3.63, 3.8) is 0 Å². The number of fused-ring (bicyclic) bond motifs is 1. The topological polar surface area (TPSA) is 107 Å². The molecule has 0 spiro atoms. The maximum absolute atomic E-state index is 12.7. The number of likely N-dealkylation sites (tertiary alicyclic amines) is 1. The van der Waals surface area contributed by atoms with Gasteiger partial charge in [0.05, 0.1) is 11.1 Å². The van der Waals surface area contributed by atoms with Crippen LogP contribution in [-0.4, -0.2) is 51.1 Å². The normalized spacial score (nSPS) is 16.1. The fourth-order valence-corrected chi connectivity index (χ4v) is 3.37. The summed E-state index contributed by atoms with van der Waals surface area (Å²) in [7, 11) is 0. The molecule has 0 aliphatic carbocycles. The molecular weight excluding hydrogens is 358 g/mol. The Morgan fingerprint density at radius 1 is 1.07 bits per heavy atom. The van der Waals surface area contributed by atoms with Gasteiger partial charge in [-0.25, -0.2) is 9.78 Å². The van der Waals surface area contributed by atoms with Crippen LogP contribution in [0.1, 0.15) is 16.8 Å². The number of carbonyl (C=O) groups excluding carboxylic acids is 1. The van der Waals surface area contributed by atoms with Gasteiger partial charge in [-0.1, -0.05) is 6.07 Å². The molecule has 8 heteroatoms. The van der Waals surface area contributed by atoms with Gasteiger partial charge >= 0.3 is 6.09 Å². The average molecular weight is 377 g/mol. The van der Waals surface area contributed by atoms with E-state index in [1.54, 1.807) is 36.7 Å². The molecule has 0 bridgehead atoms. The van der Waals surface area contributed by atoms with Gasteiger partial charge in [0.15, 0.2) is 0 Å². The van der Waals surface area contributed by atoms with Gasteiger partial charge in [-0.05, 0) is 42.8 Å². The average Bonchev–Trinajstić information content (AvgIpc) is 3.18. The van der Waals surface area contributed by atoms with Gasteiger partial charge in [0.1, 0.15) is 5.82 Å². The molecule has 1 unspecified atom stereocenters. The van der Waals surface area contributed by atoms with Crippen LogP contribution in [0, 0.1) is 0 Å². The highest BCUT2D eigenvalue weighted by atomic mass is 16.4. The van der Waals surface area contributed by atoms with E-state index >= 15 is 0 Å². The third-order valence-corrected chi connectivity index (χ3v) is 4.74. The number of hydrogen-bond donors (Lipinski definition) is 3. The highest BCUT2D eigenvalue weighted by molar-refractivity contribution is 6.13. The van der Waals surface area contributed by atoms with Crippen LogP contribution in [0.5, 0.6) is 0 Å². The summed E-state index contributed by atoms with van der Waals surface area (Å²) in [5.74, 6) is 0.186. The molecule has 8 nitrogen and oxygen atoms in total. The molecule has 3 aromatic rings. The predicted octanol–water partition coefficient (Wildman–Crippen LogP) is 3.05. The van der Waals surface area contributed by atoms with Gasteiger partial charge in [0, 0.05) is 42.6 Å². The van der Waals surface area contributed by atoms with Crippen molar-refractivity contribution in [2.75, 3.05) is 23.7 Å². The number of nitrogens with one attached hydrogen (secondary N) is 2. The second-order valence-corrected chi connectivity index (χ2v) is 6.59. The van der Waals surface area contributed by atoms with Gasteiger partial charge in [-0.15, -0.1) is 0 Å². The van der Waals surface area contributed by atoms with E-state index in [1.165, 1.54) is 4.90 Å². The zero-order valence-electron chi connectivity index (χ0n) is 15.0. The zero-order chi connectivity index (χ0) is 19.5. The largest absolute Gasteiger partial charge is 0.465 e. The standard InChI is InChI=1S/C20H19N5O3/c26-19(24-17-5-1-2-9-21-17)15-6-7-16(14-4-3-10-22-18(14)15)23-13-8-11-25(12-13)20(27)28/h1-7,9-10,13,23H,8,11-12H2,(H,27,28)(H,21,24,26). The molecule has 2 aromatic heterocycles. The lowest BCUT2D eigenvalue weighted by Crippen LogP contribution is -2.30. The van der Waals surface area contributed by atoms with Crippen LogP contribution in [-0.2, 0) is 0 Å². The molecule has 1 fully saturated rings. The molecule has 1 aliphatic heterocycles. The Kier molecular flexibility index (Phi) is 4.76. The first-order valence-electron chi connectivity index (χ1n) is 8.96. The van der Waals surface area contributed by atoms with Crippen molar-refractivity contribution < 1.29 is 14.7 Å². The van der Waals surface area contributed by atoms with E-state index in [1.807, 2.05) is 18.2 Å². The van der Waals surface area contributed by atoms with Crippen molar-refractivity contribution in [2.24, 2.45) is 0 Å². The molecule has 28 heavy (non-hydrogen) atoms. The monoisotopic (exact) mass is 377 g/mol. The maximum atomic E-state index is 12.7. The number of rotatable bonds is 4. The number of amides is 2. The van der Waals surface area contributed by atoms with Crippen molar-refractivity contribution >= 4 is 34.4 Å². The highest BCUT2D eigenvalue weighted by Gasteiger charge is 2.26. The number of carboxylic acid groups (broad SMARTS) is 1. The van der Waals surface area contributed by atoms with Crippen molar-refractivity contribution in [2.45, 2.75) is 12.5 Å². The van der Waals surface area contributed by atoms with E-state index in [0.29, 0.717) is 30.0 Å². The van der Waals surface area contributed by atoms with Crippen molar-refractivity contribution in [1.82, 2.24) is 14.9 Å². The van der Waals surface area contributed by atoms with Crippen LogP contribution in [0.15, 0.2) is 54.9 Å². The molecule has 1 saturated heterocycles. The Morgan fingerprint density at radius 3 is 2.68 bits per heavy atom. The molecule has 1 atom stereocenters. The van der Waals surface area contributed by atoms with E-state index in [0.717, 1.165) is 17.5 Å². The molecule has 3 N–H and O–H groups in total. The number of nitrogens with zero attached hydrogens (tertiary/aromatic N) is 3. The lowest BCUT2D eigenvalue weighted by molar-refractivity contribution is 0.102. The van der Waals surface area contributed by atoms with Gasteiger partial charge in [-0.2, -0.15) is 0 Å². The lowest BCUT2D eigenvalue weighted by atomic mass is 10.1. The number of carbonyl (C=O) groups is 2. The van der Waals surface area contributed by atoms with Gasteiger partial charge in [0.2, 0.25) is 0 Å². The van der Waals surface area contributed by atoms with Gasteiger partial charge < -0.3 is 20.6 Å². The summed E-state index contributed by atoms with van der Waals surface area (Å²) in [5.41, 5.74) is 1.86. The highest BCUT2D eigenvalue weighted by Crippen LogP contribution is 2.27. The summed E-state index contributed by atoms with van der Waals surface area (Å²) in [6.07, 6.45) is 3.08. The number of hydrogen-bond acceptors (Lipinski definition) is 5. The zero-order valence-corrected chi connectivity index (χ0v) is 15.0. The SMILES string of the molecule is O=C(Nc1ccccn1)c1ccc(NC2CCN(C(=O)O)C2)c2cccnc12. The van der Waals surface area contributed by atoms with Crippen LogP contribution in [0.4, 0.5) is 16.3 Å². The van der Waals surface area contributed by atoms with E-state index in [9.17, 15) is 9.59 Å². The number of benzene rings is 1. The Hall–Kier alpha value is -3.68. The fraction of sp³-hybridized carbons (Fsp3) is 0.200. The third kappa shape index (κ3) is 3.57. The number of pyridine rings is 2.